The summed E-state index contributed by atoms with van der Waals surface area (Å²) >= 11 is 1.87. The molecule has 1 aromatic heterocycles. The fraction of sp³-hybridized carbons (Fsp3) is 0.769. The first-order valence-electron chi connectivity index (χ1n) is 6.40. The van der Waals surface area contributed by atoms with Gasteiger partial charge in [-0.3, -0.25) is 0 Å². The van der Waals surface area contributed by atoms with Crippen molar-refractivity contribution in [2.24, 2.45) is 5.92 Å². The summed E-state index contributed by atoms with van der Waals surface area (Å²) in [6.07, 6.45) is 5.31. The molecule has 1 heterocycles. The zero-order valence-electron chi connectivity index (χ0n) is 10.5. The molecule has 1 fully saturated rings. The van der Waals surface area contributed by atoms with E-state index in [0.29, 0.717) is 6.04 Å². The van der Waals surface area contributed by atoms with Crippen molar-refractivity contribution in [3.05, 3.63) is 15.6 Å². The first-order chi connectivity index (χ1) is 7.70. The van der Waals surface area contributed by atoms with Gasteiger partial charge in [-0.25, -0.2) is 4.98 Å². The van der Waals surface area contributed by atoms with E-state index in [2.05, 4.69) is 31.1 Å². The van der Waals surface area contributed by atoms with Gasteiger partial charge in [0, 0.05) is 10.9 Å². The third kappa shape index (κ3) is 3.05. The Balaban J connectivity index is 1.85. The molecule has 1 aromatic rings. The normalized spacial score (nSPS) is 17.7. The molecular formula is C13H22N2S. The smallest absolute Gasteiger partial charge is 0.0928 e. The summed E-state index contributed by atoms with van der Waals surface area (Å²) in [7, 11) is 0. The highest BCUT2D eigenvalue weighted by molar-refractivity contribution is 7.11. The largest absolute Gasteiger partial charge is 0.309 e. The maximum Gasteiger partial charge on any atom is 0.0928 e. The van der Waals surface area contributed by atoms with Crippen LogP contribution in [-0.4, -0.2) is 11.5 Å². The Morgan fingerprint density at radius 1 is 1.50 bits per heavy atom. The molecule has 2 rings (SSSR count). The van der Waals surface area contributed by atoms with Gasteiger partial charge in [-0.15, -0.1) is 11.3 Å². The molecule has 16 heavy (non-hydrogen) atoms. The standard InChI is InChI=1S/C13H22N2S/c1-4-12-15-10(3)13(16-12)9(2)14-8-7-11-5-6-11/h9,11,14H,4-8H2,1-3H3. The number of hydrogen-bond acceptors (Lipinski definition) is 3. The number of aryl methyl sites for hydroxylation is 2. The average Bonchev–Trinajstić information content (AvgIpc) is 3.00. The minimum Gasteiger partial charge on any atom is -0.309 e. The van der Waals surface area contributed by atoms with Gasteiger partial charge in [0.25, 0.3) is 0 Å². The van der Waals surface area contributed by atoms with Gasteiger partial charge in [-0.2, -0.15) is 0 Å². The second-order valence-electron chi connectivity index (χ2n) is 4.82. The molecule has 1 unspecified atom stereocenters. The van der Waals surface area contributed by atoms with E-state index in [9.17, 15) is 0 Å². The monoisotopic (exact) mass is 238 g/mol. The number of thiazole rings is 1. The minimum absolute atomic E-state index is 0.469. The average molecular weight is 238 g/mol. The van der Waals surface area contributed by atoms with Gasteiger partial charge in [0.2, 0.25) is 0 Å². The molecule has 3 heteroatoms. The van der Waals surface area contributed by atoms with Crippen molar-refractivity contribution in [3.63, 3.8) is 0 Å². The molecular weight excluding hydrogens is 216 g/mol. The van der Waals surface area contributed by atoms with Crippen LogP contribution in [0.1, 0.15) is 54.7 Å². The summed E-state index contributed by atoms with van der Waals surface area (Å²) in [5.74, 6) is 1.02. The Labute approximate surface area is 102 Å². The Morgan fingerprint density at radius 3 is 2.81 bits per heavy atom. The van der Waals surface area contributed by atoms with Crippen LogP contribution in [0.15, 0.2) is 0 Å². The van der Waals surface area contributed by atoms with E-state index >= 15 is 0 Å². The number of aromatic nitrogens is 1. The van der Waals surface area contributed by atoms with Crippen LogP contribution in [0.4, 0.5) is 0 Å². The molecule has 0 bridgehead atoms. The van der Waals surface area contributed by atoms with E-state index < -0.39 is 0 Å². The lowest BCUT2D eigenvalue weighted by molar-refractivity contribution is 0.543. The lowest BCUT2D eigenvalue weighted by Crippen LogP contribution is -2.20. The van der Waals surface area contributed by atoms with Crippen LogP contribution in [0.3, 0.4) is 0 Å². The molecule has 1 aliphatic carbocycles. The minimum atomic E-state index is 0.469. The molecule has 2 nitrogen and oxygen atoms in total. The van der Waals surface area contributed by atoms with Crippen molar-refractivity contribution >= 4 is 11.3 Å². The molecule has 0 amide bonds. The predicted molar refractivity (Wildman–Crippen MR) is 70.0 cm³/mol. The van der Waals surface area contributed by atoms with Crippen LogP contribution in [-0.2, 0) is 6.42 Å². The molecule has 0 radical (unpaired) electrons. The molecule has 0 aliphatic heterocycles. The first kappa shape index (κ1) is 12.1. The number of hydrogen-bond donors (Lipinski definition) is 1. The van der Waals surface area contributed by atoms with Crippen LogP contribution in [0.2, 0.25) is 0 Å². The van der Waals surface area contributed by atoms with Gasteiger partial charge >= 0.3 is 0 Å². The molecule has 1 N–H and O–H groups in total. The molecule has 0 saturated heterocycles. The van der Waals surface area contributed by atoms with Gasteiger partial charge < -0.3 is 5.32 Å². The summed E-state index contributed by atoms with van der Waals surface area (Å²) in [5, 5.41) is 4.89. The molecule has 1 aliphatic rings. The first-order valence-corrected chi connectivity index (χ1v) is 7.22. The van der Waals surface area contributed by atoms with E-state index in [4.69, 9.17) is 0 Å². The van der Waals surface area contributed by atoms with Crippen molar-refractivity contribution in [2.45, 2.75) is 52.5 Å². The van der Waals surface area contributed by atoms with Crippen LogP contribution < -0.4 is 5.32 Å². The van der Waals surface area contributed by atoms with Crippen LogP contribution in [0.5, 0.6) is 0 Å². The van der Waals surface area contributed by atoms with Crippen LogP contribution in [0.25, 0.3) is 0 Å². The van der Waals surface area contributed by atoms with Gasteiger partial charge in [-0.05, 0) is 39.2 Å². The summed E-state index contributed by atoms with van der Waals surface area (Å²) < 4.78 is 0. The zero-order chi connectivity index (χ0) is 11.5. The molecule has 90 valence electrons. The van der Waals surface area contributed by atoms with Crippen molar-refractivity contribution in [2.75, 3.05) is 6.54 Å². The molecule has 1 saturated carbocycles. The Morgan fingerprint density at radius 2 is 2.25 bits per heavy atom. The predicted octanol–water partition coefficient (Wildman–Crippen LogP) is 3.46. The van der Waals surface area contributed by atoms with Crippen LogP contribution in [0, 0.1) is 12.8 Å². The van der Waals surface area contributed by atoms with Gasteiger partial charge in [-0.1, -0.05) is 19.8 Å². The highest BCUT2D eigenvalue weighted by Gasteiger charge is 2.21. The summed E-state index contributed by atoms with van der Waals surface area (Å²) in [4.78, 5) is 6.01. The summed E-state index contributed by atoms with van der Waals surface area (Å²) in [6.45, 7) is 7.72. The maximum absolute atomic E-state index is 4.58. The van der Waals surface area contributed by atoms with E-state index in [1.807, 2.05) is 11.3 Å². The third-order valence-electron chi connectivity index (χ3n) is 3.27. The van der Waals surface area contributed by atoms with Crippen molar-refractivity contribution < 1.29 is 0 Å². The Bertz CT molecular complexity index is 342. The number of nitrogens with zero attached hydrogens (tertiary/aromatic N) is 1. The van der Waals surface area contributed by atoms with E-state index in [1.165, 1.54) is 34.8 Å². The maximum atomic E-state index is 4.58. The van der Waals surface area contributed by atoms with Gasteiger partial charge in [0.15, 0.2) is 0 Å². The number of rotatable bonds is 6. The van der Waals surface area contributed by atoms with E-state index in [1.54, 1.807) is 0 Å². The molecule has 0 aromatic carbocycles. The fourth-order valence-corrected chi connectivity index (χ4v) is 3.06. The SMILES string of the molecule is CCc1nc(C)c(C(C)NCCC2CC2)s1. The highest BCUT2D eigenvalue weighted by Crippen LogP contribution is 2.32. The summed E-state index contributed by atoms with van der Waals surface area (Å²) in [5.41, 5.74) is 1.22. The molecule has 1 atom stereocenters. The van der Waals surface area contributed by atoms with Crippen molar-refractivity contribution in [3.8, 4) is 0 Å². The topological polar surface area (TPSA) is 24.9 Å². The fourth-order valence-electron chi connectivity index (χ4n) is 2.02. The second kappa shape index (κ2) is 5.28. The summed E-state index contributed by atoms with van der Waals surface area (Å²) in [6, 6.07) is 0.469. The van der Waals surface area contributed by atoms with E-state index in [-0.39, 0.29) is 0 Å². The van der Waals surface area contributed by atoms with Crippen LogP contribution >= 0.6 is 11.3 Å². The zero-order valence-corrected chi connectivity index (χ0v) is 11.4. The lowest BCUT2D eigenvalue weighted by Gasteiger charge is -2.12. The quantitative estimate of drug-likeness (QED) is 0.821. The second-order valence-corrected chi connectivity index (χ2v) is 5.93. The van der Waals surface area contributed by atoms with Gasteiger partial charge in [0.1, 0.15) is 0 Å². The van der Waals surface area contributed by atoms with Crippen molar-refractivity contribution in [1.82, 2.24) is 10.3 Å². The van der Waals surface area contributed by atoms with E-state index in [0.717, 1.165) is 18.9 Å². The third-order valence-corrected chi connectivity index (χ3v) is 4.76. The van der Waals surface area contributed by atoms with Crippen molar-refractivity contribution in [1.29, 1.82) is 0 Å². The Kier molecular flexibility index (Phi) is 3.98. The van der Waals surface area contributed by atoms with Gasteiger partial charge in [0.05, 0.1) is 10.7 Å². The number of nitrogens with one attached hydrogen (secondary N) is 1. The lowest BCUT2D eigenvalue weighted by atomic mass is 10.2. The Hall–Kier alpha value is -0.410. The highest BCUT2D eigenvalue weighted by atomic mass is 32.1. The molecule has 0 spiro atoms.